The first kappa shape index (κ1) is 11.6. The Morgan fingerprint density at radius 1 is 1.18 bits per heavy atom. The fraction of sp³-hybridized carbons (Fsp3) is 0.286. The maximum Gasteiger partial charge on any atom is 0.131 e. The van der Waals surface area contributed by atoms with Gasteiger partial charge < -0.3 is 5.32 Å². The van der Waals surface area contributed by atoms with Gasteiger partial charge in [0, 0.05) is 25.1 Å². The van der Waals surface area contributed by atoms with Crippen LogP contribution in [0.3, 0.4) is 0 Å². The van der Waals surface area contributed by atoms with Crippen LogP contribution in [0.25, 0.3) is 11.3 Å². The molecule has 1 aromatic carbocycles. The predicted octanol–water partition coefficient (Wildman–Crippen LogP) is 3.06. The maximum atomic E-state index is 4.58. The number of hydrogen-bond acceptors (Lipinski definition) is 3. The first-order valence-corrected chi connectivity index (χ1v) is 5.86. The molecule has 0 spiro atoms. The van der Waals surface area contributed by atoms with Crippen molar-refractivity contribution in [2.45, 2.75) is 20.3 Å². The predicted molar refractivity (Wildman–Crippen MR) is 71.1 cm³/mol. The molecule has 3 nitrogen and oxygen atoms in total. The number of hydrogen-bond donors (Lipinski definition) is 1. The Labute approximate surface area is 102 Å². The second-order valence-electron chi connectivity index (χ2n) is 3.97. The summed E-state index contributed by atoms with van der Waals surface area (Å²) in [7, 11) is 1.88. The van der Waals surface area contributed by atoms with E-state index in [2.05, 4.69) is 41.3 Å². The van der Waals surface area contributed by atoms with Crippen LogP contribution in [-0.4, -0.2) is 17.0 Å². The Bertz CT molecular complexity index is 498. The van der Waals surface area contributed by atoms with Gasteiger partial charge in [-0.15, -0.1) is 0 Å². The monoisotopic (exact) mass is 227 g/mol. The highest BCUT2D eigenvalue weighted by Gasteiger charge is 2.06. The molecule has 0 fully saturated rings. The fourth-order valence-electron chi connectivity index (χ4n) is 1.78. The minimum atomic E-state index is 0.842. The standard InChI is InChI=1S/C14H17N3/c1-4-13-16-12(9-14(15-3)17-13)11-8-6-5-7-10(11)2/h5-9H,4H2,1-3H3,(H,15,16,17). The van der Waals surface area contributed by atoms with Gasteiger partial charge in [-0.05, 0) is 12.5 Å². The topological polar surface area (TPSA) is 37.8 Å². The number of benzene rings is 1. The van der Waals surface area contributed by atoms with Gasteiger partial charge in [-0.2, -0.15) is 0 Å². The number of anilines is 1. The van der Waals surface area contributed by atoms with Crippen LogP contribution >= 0.6 is 0 Å². The van der Waals surface area contributed by atoms with Crippen molar-refractivity contribution >= 4 is 5.82 Å². The first-order valence-electron chi connectivity index (χ1n) is 5.86. The SMILES string of the molecule is CCc1nc(NC)cc(-c2ccccc2C)n1. The van der Waals surface area contributed by atoms with E-state index in [1.165, 1.54) is 11.1 Å². The molecular formula is C14H17N3. The van der Waals surface area contributed by atoms with E-state index in [0.717, 1.165) is 23.8 Å². The third kappa shape index (κ3) is 2.44. The van der Waals surface area contributed by atoms with Crippen LogP contribution < -0.4 is 5.32 Å². The summed E-state index contributed by atoms with van der Waals surface area (Å²) in [6, 6.07) is 10.3. The Morgan fingerprint density at radius 3 is 2.59 bits per heavy atom. The van der Waals surface area contributed by atoms with Crippen molar-refractivity contribution in [1.82, 2.24) is 9.97 Å². The smallest absolute Gasteiger partial charge is 0.131 e. The fourth-order valence-corrected chi connectivity index (χ4v) is 1.78. The van der Waals surface area contributed by atoms with Gasteiger partial charge in [-0.1, -0.05) is 31.2 Å². The summed E-state index contributed by atoms with van der Waals surface area (Å²) in [6.45, 7) is 4.17. The first-order chi connectivity index (χ1) is 8.24. The van der Waals surface area contributed by atoms with Gasteiger partial charge in [0.2, 0.25) is 0 Å². The van der Waals surface area contributed by atoms with Gasteiger partial charge in [-0.25, -0.2) is 9.97 Å². The normalized spacial score (nSPS) is 10.3. The summed E-state index contributed by atoms with van der Waals surface area (Å²) in [6.07, 6.45) is 0.842. The van der Waals surface area contributed by atoms with Crippen molar-refractivity contribution in [3.8, 4) is 11.3 Å². The molecule has 1 heterocycles. The van der Waals surface area contributed by atoms with Gasteiger partial charge >= 0.3 is 0 Å². The lowest BCUT2D eigenvalue weighted by Crippen LogP contribution is -2.01. The lowest BCUT2D eigenvalue weighted by Gasteiger charge is -2.08. The third-order valence-electron chi connectivity index (χ3n) is 2.77. The summed E-state index contributed by atoms with van der Waals surface area (Å²) in [5, 5.41) is 3.08. The average Bonchev–Trinajstić information content (AvgIpc) is 2.38. The molecule has 0 aliphatic rings. The number of aromatic nitrogens is 2. The number of aryl methyl sites for hydroxylation is 2. The van der Waals surface area contributed by atoms with Gasteiger partial charge in [0.15, 0.2) is 0 Å². The zero-order valence-electron chi connectivity index (χ0n) is 10.5. The largest absolute Gasteiger partial charge is 0.373 e. The highest BCUT2D eigenvalue weighted by Crippen LogP contribution is 2.23. The molecule has 0 unspecified atom stereocenters. The van der Waals surface area contributed by atoms with Crippen LogP contribution in [0.2, 0.25) is 0 Å². The van der Waals surface area contributed by atoms with Crippen LogP contribution in [-0.2, 0) is 6.42 Å². The van der Waals surface area contributed by atoms with Crippen LogP contribution in [0.1, 0.15) is 18.3 Å². The molecule has 0 bridgehead atoms. The molecule has 1 N–H and O–H groups in total. The van der Waals surface area contributed by atoms with Crippen molar-refractivity contribution in [2.75, 3.05) is 12.4 Å². The van der Waals surface area contributed by atoms with Gasteiger partial charge in [-0.3, -0.25) is 0 Å². The molecule has 2 aromatic rings. The summed E-state index contributed by atoms with van der Waals surface area (Å²) in [5.41, 5.74) is 3.38. The molecule has 0 aliphatic carbocycles. The Kier molecular flexibility index (Phi) is 3.38. The van der Waals surface area contributed by atoms with Crippen LogP contribution in [0.5, 0.6) is 0 Å². The van der Waals surface area contributed by atoms with Crippen LogP contribution in [0, 0.1) is 6.92 Å². The van der Waals surface area contributed by atoms with Crippen molar-refractivity contribution < 1.29 is 0 Å². The molecule has 0 saturated carbocycles. The second-order valence-corrected chi connectivity index (χ2v) is 3.97. The van der Waals surface area contributed by atoms with E-state index in [4.69, 9.17) is 0 Å². The highest BCUT2D eigenvalue weighted by atomic mass is 15.0. The third-order valence-corrected chi connectivity index (χ3v) is 2.77. The van der Waals surface area contributed by atoms with E-state index in [-0.39, 0.29) is 0 Å². The molecule has 3 heteroatoms. The number of rotatable bonds is 3. The lowest BCUT2D eigenvalue weighted by atomic mass is 10.1. The van der Waals surface area contributed by atoms with E-state index in [1.54, 1.807) is 0 Å². The zero-order valence-corrected chi connectivity index (χ0v) is 10.5. The quantitative estimate of drug-likeness (QED) is 0.875. The Hall–Kier alpha value is -1.90. The zero-order chi connectivity index (χ0) is 12.3. The van der Waals surface area contributed by atoms with Gasteiger partial charge in [0.25, 0.3) is 0 Å². The van der Waals surface area contributed by atoms with E-state index < -0.39 is 0 Å². The average molecular weight is 227 g/mol. The van der Waals surface area contributed by atoms with Crippen molar-refractivity contribution in [3.63, 3.8) is 0 Å². The lowest BCUT2D eigenvalue weighted by molar-refractivity contribution is 0.944. The molecule has 2 rings (SSSR count). The number of nitrogens with one attached hydrogen (secondary N) is 1. The minimum absolute atomic E-state index is 0.842. The maximum absolute atomic E-state index is 4.58. The van der Waals surface area contributed by atoms with E-state index in [1.807, 2.05) is 25.2 Å². The molecule has 17 heavy (non-hydrogen) atoms. The molecular weight excluding hydrogens is 210 g/mol. The number of nitrogens with zero attached hydrogens (tertiary/aromatic N) is 2. The molecule has 0 aliphatic heterocycles. The summed E-state index contributed by atoms with van der Waals surface area (Å²) < 4.78 is 0. The molecule has 0 atom stereocenters. The van der Waals surface area contributed by atoms with E-state index >= 15 is 0 Å². The molecule has 0 amide bonds. The Morgan fingerprint density at radius 2 is 1.94 bits per heavy atom. The van der Waals surface area contributed by atoms with Gasteiger partial charge in [0.05, 0.1) is 5.69 Å². The second kappa shape index (κ2) is 4.95. The van der Waals surface area contributed by atoms with Crippen LogP contribution in [0.4, 0.5) is 5.82 Å². The summed E-state index contributed by atoms with van der Waals surface area (Å²) >= 11 is 0. The van der Waals surface area contributed by atoms with E-state index in [0.29, 0.717) is 0 Å². The van der Waals surface area contributed by atoms with Gasteiger partial charge in [0.1, 0.15) is 11.6 Å². The molecule has 0 saturated heterocycles. The van der Waals surface area contributed by atoms with Crippen LogP contribution in [0.15, 0.2) is 30.3 Å². The molecule has 0 radical (unpaired) electrons. The van der Waals surface area contributed by atoms with Crippen molar-refractivity contribution in [2.24, 2.45) is 0 Å². The Balaban J connectivity index is 2.55. The highest BCUT2D eigenvalue weighted by molar-refractivity contribution is 5.65. The summed E-state index contributed by atoms with van der Waals surface area (Å²) in [5.74, 6) is 1.74. The molecule has 88 valence electrons. The summed E-state index contributed by atoms with van der Waals surface area (Å²) in [4.78, 5) is 8.98. The molecule has 1 aromatic heterocycles. The minimum Gasteiger partial charge on any atom is -0.373 e. The van der Waals surface area contributed by atoms with E-state index in [9.17, 15) is 0 Å². The van der Waals surface area contributed by atoms with Crippen molar-refractivity contribution in [1.29, 1.82) is 0 Å². The van der Waals surface area contributed by atoms with Crippen molar-refractivity contribution in [3.05, 3.63) is 41.7 Å².